The lowest BCUT2D eigenvalue weighted by molar-refractivity contribution is -0.438. The maximum absolute atomic E-state index is 11.3. The van der Waals surface area contributed by atoms with Gasteiger partial charge in [-0.3, -0.25) is 4.55 Å². The minimum absolute atomic E-state index is 0.216. The second-order valence-corrected chi connectivity index (χ2v) is 15.4. The first-order valence-corrected chi connectivity index (χ1v) is 18.0. The monoisotopic (exact) mass is 626 g/mol. The van der Waals surface area contributed by atoms with Crippen molar-refractivity contribution in [1.29, 1.82) is 0 Å². The van der Waals surface area contributed by atoms with E-state index in [2.05, 4.69) is 122 Å². The fourth-order valence-electron chi connectivity index (χ4n) is 6.10. The Morgan fingerprint density at radius 2 is 1.53 bits per heavy atom. The van der Waals surface area contributed by atoms with Crippen LogP contribution in [0.15, 0.2) is 91.0 Å². The summed E-state index contributed by atoms with van der Waals surface area (Å²) in [7, 11) is -3.97. The highest BCUT2D eigenvalue weighted by Gasteiger charge is 2.45. The van der Waals surface area contributed by atoms with Gasteiger partial charge in [0.15, 0.2) is 5.71 Å². The van der Waals surface area contributed by atoms with Gasteiger partial charge in [-0.2, -0.15) is 13.0 Å². The van der Waals surface area contributed by atoms with Crippen LogP contribution < -0.4 is 0 Å². The Labute approximate surface area is 262 Å². The largest absolute Gasteiger partial charge is 0.286 e. The average Bonchev–Trinajstić information content (AvgIpc) is 3.71. The number of benzene rings is 3. The van der Waals surface area contributed by atoms with Gasteiger partial charge in [0.2, 0.25) is 5.69 Å². The summed E-state index contributed by atoms with van der Waals surface area (Å²) in [4.78, 5) is 4.99. The van der Waals surface area contributed by atoms with Gasteiger partial charge in [-0.15, -0.1) is 22.7 Å². The third-order valence-electron chi connectivity index (χ3n) is 8.32. The lowest BCUT2D eigenvalue weighted by Crippen LogP contribution is -2.28. The van der Waals surface area contributed by atoms with E-state index < -0.39 is 10.1 Å². The van der Waals surface area contributed by atoms with E-state index in [9.17, 15) is 13.0 Å². The van der Waals surface area contributed by atoms with Gasteiger partial charge >= 0.3 is 0 Å². The van der Waals surface area contributed by atoms with E-state index in [1.165, 1.54) is 58.4 Å². The van der Waals surface area contributed by atoms with Gasteiger partial charge in [0, 0.05) is 43.6 Å². The first-order valence-electron chi connectivity index (χ1n) is 14.7. The van der Waals surface area contributed by atoms with Crippen molar-refractivity contribution in [2.45, 2.75) is 45.4 Å². The van der Waals surface area contributed by atoms with E-state index >= 15 is 0 Å². The van der Waals surface area contributed by atoms with Crippen LogP contribution >= 0.6 is 22.7 Å². The number of unbranched alkanes of at least 4 members (excludes halogenated alkanes) is 1. The number of hydrogen-bond donors (Lipinski definition) is 1. The zero-order chi connectivity index (χ0) is 30.2. The van der Waals surface area contributed by atoms with Crippen molar-refractivity contribution in [3.05, 3.63) is 107 Å². The van der Waals surface area contributed by atoms with E-state index in [1.807, 2.05) is 11.3 Å². The molecule has 0 spiro atoms. The second kappa shape index (κ2) is 12.0. The van der Waals surface area contributed by atoms with Crippen molar-refractivity contribution in [1.82, 2.24) is 0 Å². The smallest absolute Gasteiger partial charge is 0.264 e. The number of aryl methyl sites for hydroxylation is 1. The second-order valence-electron chi connectivity index (χ2n) is 11.6. The van der Waals surface area contributed by atoms with Crippen LogP contribution in [-0.2, 0) is 22.0 Å². The quantitative estimate of drug-likeness (QED) is 0.0954. The molecule has 0 amide bonds. The van der Waals surface area contributed by atoms with Crippen LogP contribution in [0.4, 0.5) is 5.69 Å². The third kappa shape index (κ3) is 6.18. The van der Waals surface area contributed by atoms with Crippen molar-refractivity contribution in [3.63, 3.8) is 0 Å². The molecule has 0 unspecified atom stereocenters. The molecule has 6 rings (SSSR count). The number of rotatable bonds is 10. The molecule has 0 saturated heterocycles. The lowest BCUT2D eigenvalue weighted by atomic mass is 9.79. The molecule has 0 aliphatic carbocycles. The van der Waals surface area contributed by atoms with E-state index in [4.69, 9.17) is 0 Å². The van der Waals surface area contributed by atoms with E-state index in [0.29, 0.717) is 19.4 Å². The molecular weight excluding hydrogens is 591 g/mol. The van der Waals surface area contributed by atoms with Crippen LogP contribution in [0.1, 0.15) is 49.6 Å². The van der Waals surface area contributed by atoms with E-state index in [0.717, 1.165) is 6.42 Å². The summed E-state index contributed by atoms with van der Waals surface area (Å²) in [5.41, 5.74) is 6.02. The summed E-state index contributed by atoms with van der Waals surface area (Å²) < 4.78 is 34.2. The number of thiophene rings is 2. The SMILES string of the molecule is CCc1ccc(-c2ccc(-c3ccc(/C=C/C4=[N+](CCCCS(=O)(=O)O)c5ccc6ccccc6c5C4(C)C)s3)s2)cc1. The van der Waals surface area contributed by atoms with Crippen molar-refractivity contribution in [2.24, 2.45) is 0 Å². The summed E-state index contributed by atoms with van der Waals surface area (Å²) in [6.07, 6.45) is 6.57. The maximum atomic E-state index is 11.3. The van der Waals surface area contributed by atoms with Crippen LogP contribution in [0.5, 0.6) is 0 Å². The Kier molecular flexibility index (Phi) is 8.26. The van der Waals surface area contributed by atoms with Crippen molar-refractivity contribution in [2.75, 3.05) is 12.3 Å². The Hall–Kier alpha value is -3.36. The zero-order valence-corrected chi connectivity index (χ0v) is 27.2. The highest BCUT2D eigenvalue weighted by atomic mass is 32.2. The Balaban J connectivity index is 1.29. The molecule has 3 heterocycles. The predicted octanol–water partition coefficient (Wildman–Crippen LogP) is 9.62. The van der Waals surface area contributed by atoms with Gasteiger partial charge < -0.3 is 0 Å². The van der Waals surface area contributed by atoms with Gasteiger partial charge in [-0.1, -0.05) is 55.5 Å². The van der Waals surface area contributed by atoms with Crippen molar-refractivity contribution < 1.29 is 17.5 Å². The third-order valence-corrected chi connectivity index (χ3v) is 11.5. The summed E-state index contributed by atoms with van der Waals surface area (Å²) >= 11 is 3.62. The molecule has 1 aliphatic rings. The number of hydrogen-bond acceptors (Lipinski definition) is 4. The summed E-state index contributed by atoms with van der Waals surface area (Å²) in [6.45, 7) is 7.41. The molecular formula is C36H36NO3S3+. The number of allylic oxidation sites excluding steroid dienone is 1. The molecule has 0 radical (unpaired) electrons. The maximum Gasteiger partial charge on any atom is 0.264 e. The minimum atomic E-state index is -3.97. The van der Waals surface area contributed by atoms with Crippen LogP contribution in [0.25, 0.3) is 37.0 Å². The predicted molar refractivity (Wildman–Crippen MR) is 184 cm³/mol. The van der Waals surface area contributed by atoms with Gasteiger partial charge in [-0.25, -0.2) is 0 Å². The van der Waals surface area contributed by atoms with Crippen LogP contribution in [0.3, 0.4) is 0 Å². The van der Waals surface area contributed by atoms with E-state index in [-0.39, 0.29) is 11.2 Å². The summed E-state index contributed by atoms with van der Waals surface area (Å²) in [6, 6.07) is 30.6. The molecule has 0 bridgehead atoms. The summed E-state index contributed by atoms with van der Waals surface area (Å²) in [5.74, 6) is -0.216. The highest BCUT2D eigenvalue weighted by Crippen LogP contribution is 2.45. The Morgan fingerprint density at radius 1 is 0.814 bits per heavy atom. The van der Waals surface area contributed by atoms with Gasteiger partial charge in [0.05, 0.1) is 11.2 Å². The van der Waals surface area contributed by atoms with Crippen molar-refractivity contribution >= 4 is 61.0 Å². The molecule has 2 aromatic heterocycles. The Morgan fingerprint density at radius 3 is 2.30 bits per heavy atom. The fourth-order valence-corrected chi connectivity index (χ4v) is 8.68. The normalized spacial score (nSPS) is 14.7. The van der Waals surface area contributed by atoms with Crippen LogP contribution in [0.2, 0.25) is 0 Å². The molecule has 0 saturated carbocycles. The van der Waals surface area contributed by atoms with Gasteiger partial charge in [-0.05, 0) is 85.0 Å². The van der Waals surface area contributed by atoms with Crippen LogP contribution in [-0.4, -0.2) is 35.6 Å². The van der Waals surface area contributed by atoms with Gasteiger partial charge in [0.25, 0.3) is 10.1 Å². The zero-order valence-electron chi connectivity index (χ0n) is 24.7. The number of nitrogens with zero attached hydrogens (tertiary/aromatic N) is 1. The fraction of sp³-hybridized carbons (Fsp3) is 0.250. The average molecular weight is 627 g/mol. The van der Waals surface area contributed by atoms with Crippen molar-refractivity contribution in [3.8, 4) is 20.2 Å². The molecule has 43 heavy (non-hydrogen) atoms. The molecule has 5 aromatic rings. The minimum Gasteiger partial charge on any atom is -0.286 e. The topological polar surface area (TPSA) is 57.4 Å². The highest BCUT2D eigenvalue weighted by molar-refractivity contribution is 7.85. The first-order chi connectivity index (χ1) is 20.6. The molecule has 0 fully saturated rings. The first kappa shape index (κ1) is 29.7. The molecule has 1 aliphatic heterocycles. The Bertz CT molecular complexity index is 1960. The number of fused-ring (bicyclic) bond motifs is 3. The lowest BCUT2D eigenvalue weighted by Gasteiger charge is -2.17. The molecule has 220 valence electrons. The molecule has 1 N–H and O–H groups in total. The standard InChI is InChI=1S/C36H35NO3S3/c1-4-25-11-13-27(14-12-25)31-20-21-33(42-31)32-19-16-28(41-32)17-22-34-36(2,3)35-29-10-6-5-9-26(29)15-18-30(35)37(34)23-7-8-24-43(38,39)40/h5-6,9-22H,4,7-8,23-24H2,1-3H3/p+1/b22-17+. The molecule has 0 atom stereocenters. The van der Waals surface area contributed by atoms with Gasteiger partial charge in [0.1, 0.15) is 6.54 Å². The van der Waals surface area contributed by atoms with E-state index in [1.54, 1.807) is 11.3 Å². The molecule has 4 nitrogen and oxygen atoms in total. The molecule has 3 aromatic carbocycles. The summed E-state index contributed by atoms with van der Waals surface area (Å²) in [5, 5.41) is 2.46. The van der Waals surface area contributed by atoms with Crippen LogP contribution in [0, 0.1) is 0 Å². The molecule has 7 heteroatoms.